The Kier molecular flexibility index (Phi) is 6.12. The average molecular weight is 572 g/mol. The van der Waals surface area contributed by atoms with Gasteiger partial charge in [-0.3, -0.25) is 9.88 Å². The smallest absolute Gasteiger partial charge is 0.319 e. The van der Waals surface area contributed by atoms with E-state index in [1.807, 2.05) is 36.4 Å². The first-order chi connectivity index (χ1) is 20.0. The Morgan fingerprint density at radius 1 is 1.07 bits per heavy atom. The van der Waals surface area contributed by atoms with Gasteiger partial charge < -0.3 is 9.64 Å². The normalized spacial score (nSPS) is 27.7. The lowest BCUT2D eigenvalue weighted by molar-refractivity contribution is 0.107. The molecule has 0 N–H and O–H groups in total. The van der Waals surface area contributed by atoms with Gasteiger partial charge in [-0.1, -0.05) is 48.9 Å². The van der Waals surface area contributed by atoms with Crippen LogP contribution in [0.15, 0.2) is 42.6 Å². The van der Waals surface area contributed by atoms with Gasteiger partial charge in [0.2, 0.25) is 0 Å². The van der Waals surface area contributed by atoms with Gasteiger partial charge in [-0.25, -0.2) is 4.39 Å². The number of fused-ring (bicyclic) bond motifs is 5. The Balaban J connectivity index is 1.25. The molecule has 212 valence electrons. The van der Waals surface area contributed by atoms with E-state index in [0.29, 0.717) is 40.3 Å². The van der Waals surface area contributed by atoms with Gasteiger partial charge in [0.25, 0.3) is 0 Å². The van der Waals surface area contributed by atoms with Crippen molar-refractivity contribution in [3.8, 4) is 17.3 Å². The van der Waals surface area contributed by atoms with E-state index in [2.05, 4.69) is 21.7 Å². The van der Waals surface area contributed by atoms with Crippen LogP contribution < -0.4 is 9.64 Å². The molecule has 41 heavy (non-hydrogen) atoms. The van der Waals surface area contributed by atoms with Crippen molar-refractivity contribution >= 4 is 39.1 Å². The summed E-state index contributed by atoms with van der Waals surface area (Å²) in [6, 6.07) is 11.8. The zero-order valence-electron chi connectivity index (χ0n) is 23.5. The van der Waals surface area contributed by atoms with Crippen molar-refractivity contribution in [2.75, 3.05) is 37.7 Å². The van der Waals surface area contributed by atoms with Crippen molar-refractivity contribution in [1.29, 1.82) is 0 Å². The van der Waals surface area contributed by atoms with Crippen molar-refractivity contribution < 1.29 is 9.13 Å². The summed E-state index contributed by atoms with van der Waals surface area (Å²) >= 11 is 6.62. The third kappa shape index (κ3) is 4.26. The summed E-state index contributed by atoms with van der Waals surface area (Å²) in [6.07, 6.45) is 8.96. The molecule has 4 aromatic rings. The first-order valence-electron chi connectivity index (χ1n) is 15.1. The summed E-state index contributed by atoms with van der Waals surface area (Å²) in [5.74, 6) is 2.25. The van der Waals surface area contributed by atoms with Crippen LogP contribution in [0.4, 0.5) is 10.2 Å². The second kappa shape index (κ2) is 9.77. The number of hydrogen-bond donors (Lipinski definition) is 0. The predicted molar refractivity (Wildman–Crippen MR) is 161 cm³/mol. The van der Waals surface area contributed by atoms with Crippen LogP contribution in [0, 0.1) is 23.6 Å². The lowest BCUT2D eigenvalue weighted by Crippen LogP contribution is -2.43. The fourth-order valence-electron chi connectivity index (χ4n) is 8.41. The minimum atomic E-state index is -0.460. The molecule has 2 aromatic carbocycles. The number of anilines is 1. The molecule has 8 heteroatoms. The van der Waals surface area contributed by atoms with Crippen molar-refractivity contribution in [1.82, 2.24) is 19.9 Å². The van der Waals surface area contributed by atoms with E-state index < -0.39 is 5.82 Å². The summed E-state index contributed by atoms with van der Waals surface area (Å²) in [6.45, 7) is 6.94. The Labute approximate surface area is 244 Å². The maximum absolute atomic E-state index is 16.6. The summed E-state index contributed by atoms with van der Waals surface area (Å²) in [7, 11) is 0. The van der Waals surface area contributed by atoms with Gasteiger partial charge in [0.05, 0.1) is 10.9 Å². The van der Waals surface area contributed by atoms with Crippen LogP contribution in [0.3, 0.4) is 0 Å². The summed E-state index contributed by atoms with van der Waals surface area (Å²) in [5, 5.41) is 2.94. The highest BCUT2D eigenvalue weighted by Crippen LogP contribution is 2.43. The third-order valence-electron chi connectivity index (χ3n) is 10.1. The maximum atomic E-state index is 16.6. The summed E-state index contributed by atoms with van der Waals surface area (Å²) in [4.78, 5) is 19.3. The largest absolute Gasteiger partial charge is 0.461 e. The molecule has 3 aliphatic heterocycles. The number of piperidine rings is 1. The lowest BCUT2D eigenvalue weighted by Gasteiger charge is -2.34. The fourth-order valence-corrected chi connectivity index (χ4v) is 8.69. The van der Waals surface area contributed by atoms with Crippen molar-refractivity contribution in [2.24, 2.45) is 17.8 Å². The number of hydrogen-bond acceptors (Lipinski definition) is 6. The lowest BCUT2D eigenvalue weighted by atomic mass is 9.92. The predicted octanol–water partition coefficient (Wildman–Crippen LogP) is 7.13. The number of halogens is 2. The SMILES string of the molecule is C[C@@H]1CN2CCCC2(COc2nc(N3CC4CCC(C4)C3)c3cnc(-c4cccc5cccc(Cl)c45)c(F)c3n2)C1. The van der Waals surface area contributed by atoms with Gasteiger partial charge in [0.15, 0.2) is 5.82 Å². The van der Waals surface area contributed by atoms with Crippen LogP contribution in [0.1, 0.15) is 45.4 Å². The molecule has 8 rings (SSSR count). The first-order valence-corrected chi connectivity index (χ1v) is 15.5. The quantitative estimate of drug-likeness (QED) is 0.254. The van der Waals surface area contributed by atoms with Gasteiger partial charge in [0.1, 0.15) is 23.6 Å². The number of benzene rings is 2. The number of nitrogens with zero attached hydrogens (tertiary/aromatic N) is 5. The molecule has 3 unspecified atom stereocenters. The number of pyridine rings is 1. The van der Waals surface area contributed by atoms with Gasteiger partial charge >= 0.3 is 6.01 Å². The van der Waals surface area contributed by atoms with Crippen molar-refractivity contribution in [3.63, 3.8) is 0 Å². The number of aromatic nitrogens is 3. The molecule has 4 atom stereocenters. The molecular weight excluding hydrogens is 537 g/mol. The fraction of sp³-hybridized carbons (Fsp3) is 0.485. The Hall–Kier alpha value is -3.03. The molecule has 1 saturated carbocycles. The van der Waals surface area contributed by atoms with E-state index >= 15 is 4.39 Å². The van der Waals surface area contributed by atoms with E-state index in [-0.39, 0.29) is 22.8 Å². The van der Waals surface area contributed by atoms with Crippen LogP contribution in [0.2, 0.25) is 5.02 Å². The topological polar surface area (TPSA) is 54.4 Å². The minimum absolute atomic E-state index is 0.0315. The van der Waals surface area contributed by atoms with Gasteiger partial charge in [0, 0.05) is 41.8 Å². The summed E-state index contributed by atoms with van der Waals surface area (Å²) < 4.78 is 23.1. The van der Waals surface area contributed by atoms with Crippen molar-refractivity contribution in [2.45, 2.75) is 51.0 Å². The van der Waals surface area contributed by atoms with E-state index in [4.69, 9.17) is 26.3 Å². The monoisotopic (exact) mass is 571 g/mol. The molecule has 2 aromatic heterocycles. The van der Waals surface area contributed by atoms with Crippen molar-refractivity contribution in [3.05, 3.63) is 53.4 Å². The van der Waals surface area contributed by atoms with Crippen LogP contribution >= 0.6 is 11.6 Å². The van der Waals surface area contributed by atoms with Gasteiger partial charge in [-0.2, -0.15) is 9.97 Å². The van der Waals surface area contributed by atoms with Crippen LogP contribution in [-0.4, -0.2) is 58.2 Å². The molecule has 3 saturated heterocycles. The Morgan fingerprint density at radius 3 is 2.71 bits per heavy atom. The molecule has 0 amide bonds. The molecule has 0 spiro atoms. The summed E-state index contributed by atoms with van der Waals surface area (Å²) in [5.41, 5.74) is 1.20. The zero-order valence-corrected chi connectivity index (χ0v) is 24.2. The van der Waals surface area contributed by atoms with E-state index in [1.54, 1.807) is 6.20 Å². The first kappa shape index (κ1) is 25.7. The molecule has 0 radical (unpaired) electrons. The minimum Gasteiger partial charge on any atom is -0.461 e. The average Bonchev–Trinajstić information content (AvgIpc) is 3.62. The maximum Gasteiger partial charge on any atom is 0.319 e. The van der Waals surface area contributed by atoms with Gasteiger partial charge in [-0.05, 0) is 74.3 Å². The van der Waals surface area contributed by atoms with Crippen LogP contribution in [-0.2, 0) is 0 Å². The molecule has 1 aliphatic carbocycles. The highest BCUT2D eigenvalue weighted by atomic mass is 35.5. The standard InChI is InChI=1S/C33H35ClFN5O/c1-20-14-33(11-4-12-40(33)16-20)19-41-32-37-30-25(31(38-32)39-17-21-9-10-22(13-21)18-39)15-36-29(28(30)35)24-7-2-5-23-6-3-8-26(34)27(23)24/h2-3,5-8,15,20-22H,4,9-14,16-19H2,1H3/t20-,21?,22?,33?/m0/s1. The molecule has 4 fully saturated rings. The third-order valence-corrected chi connectivity index (χ3v) is 10.4. The molecule has 5 heterocycles. The number of rotatable bonds is 5. The van der Waals surface area contributed by atoms with E-state index in [9.17, 15) is 0 Å². The van der Waals surface area contributed by atoms with E-state index in [0.717, 1.165) is 55.6 Å². The molecule has 2 bridgehead atoms. The number of ether oxygens (including phenoxy) is 1. The van der Waals surface area contributed by atoms with Gasteiger partial charge in [-0.15, -0.1) is 0 Å². The second-order valence-corrected chi connectivity index (χ2v) is 13.4. The van der Waals surface area contributed by atoms with Crippen LogP contribution in [0.5, 0.6) is 6.01 Å². The molecule has 4 aliphatic rings. The molecule has 6 nitrogen and oxygen atoms in total. The van der Waals surface area contributed by atoms with E-state index in [1.165, 1.54) is 25.7 Å². The molecular formula is C33H35ClFN5O. The Bertz CT molecular complexity index is 1650. The van der Waals surface area contributed by atoms with Crippen LogP contribution in [0.25, 0.3) is 32.9 Å². The highest BCUT2D eigenvalue weighted by Gasteiger charge is 2.48. The Morgan fingerprint density at radius 2 is 1.88 bits per heavy atom. The zero-order chi connectivity index (χ0) is 27.7. The second-order valence-electron chi connectivity index (χ2n) is 13.0. The highest BCUT2D eigenvalue weighted by molar-refractivity contribution is 6.36.